The number of halogens is 1. The van der Waals surface area contributed by atoms with Gasteiger partial charge in [-0.05, 0) is 71.7 Å². The Labute approximate surface area is 202 Å². The first-order valence-corrected chi connectivity index (χ1v) is 13.0. The minimum Gasteiger partial charge on any atom is -0.264 e. The first-order chi connectivity index (χ1) is 15.6. The van der Waals surface area contributed by atoms with E-state index in [1.807, 2.05) is 12.3 Å². The molecule has 174 valence electrons. The standard InChI is InChI=1S/C27H31ClN2O2S/c1-27(2,3)17-4-7-26(23-6-5-18-29-20-23)22-10-8-21(9-11-22)16-19-30-33(31,32)25-14-12-24(28)13-15-25/h5-15,18,20,30H,4,16-17,19H2,1-3H3. The van der Waals surface area contributed by atoms with Crippen molar-refractivity contribution >= 4 is 27.2 Å². The lowest BCUT2D eigenvalue weighted by atomic mass is 9.89. The smallest absolute Gasteiger partial charge is 0.240 e. The highest BCUT2D eigenvalue weighted by Crippen LogP contribution is 2.27. The number of hydrogen-bond acceptors (Lipinski definition) is 3. The molecule has 1 N–H and O–H groups in total. The molecule has 0 saturated carbocycles. The fraction of sp³-hybridized carbons (Fsp3) is 0.296. The van der Waals surface area contributed by atoms with Gasteiger partial charge < -0.3 is 0 Å². The van der Waals surface area contributed by atoms with Crippen LogP contribution in [0.5, 0.6) is 0 Å². The molecule has 0 aliphatic carbocycles. The molecule has 3 rings (SSSR count). The molecule has 0 bridgehead atoms. The average molecular weight is 483 g/mol. The third-order valence-corrected chi connectivity index (χ3v) is 7.04. The van der Waals surface area contributed by atoms with Gasteiger partial charge in [-0.1, -0.05) is 68.8 Å². The Morgan fingerprint density at radius 3 is 2.30 bits per heavy atom. The van der Waals surface area contributed by atoms with Gasteiger partial charge in [0.25, 0.3) is 0 Å². The molecular weight excluding hydrogens is 452 g/mol. The molecule has 6 heteroatoms. The van der Waals surface area contributed by atoms with Crippen LogP contribution < -0.4 is 4.72 Å². The molecule has 0 radical (unpaired) electrons. The van der Waals surface area contributed by atoms with Crippen molar-refractivity contribution in [2.24, 2.45) is 5.41 Å². The topological polar surface area (TPSA) is 59.1 Å². The van der Waals surface area contributed by atoms with E-state index < -0.39 is 10.0 Å². The molecule has 0 aliphatic heterocycles. The lowest BCUT2D eigenvalue weighted by Crippen LogP contribution is -2.25. The van der Waals surface area contributed by atoms with Crippen molar-refractivity contribution in [3.05, 3.63) is 101 Å². The zero-order valence-electron chi connectivity index (χ0n) is 19.4. The van der Waals surface area contributed by atoms with Gasteiger partial charge in [0.15, 0.2) is 0 Å². The summed E-state index contributed by atoms with van der Waals surface area (Å²) in [5.74, 6) is 0. The molecule has 0 atom stereocenters. The second kappa shape index (κ2) is 11.1. The molecule has 3 aromatic rings. The van der Waals surface area contributed by atoms with Crippen LogP contribution in [0.1, 0.15) is 50.3 Å². The van der Waals surface area contributed by atoms with Crippen molar-refractivity contribution in [1.29, 1.82) is 0 Å². The number of aromatic nitrogens is 1. The van der Waals surface area contributed by atoms with Crippen LogP contribution in [0.25, 0.3) is 5.57 Å². The van der Waals surface area contributed by atoms with Crippen LogP contribution in [0.4, 0.5) is 0 Å². The Morgan fingerprint density at radius 1 is 1.00 bits per heavy atom. The van der Waals surface area contributed by atoms with Crippen LogP contribution in [0.15, 0.2) is 84.0 Å². The number of benzene rings is 2. The predicted molar refractivity (Wildman–Crippen MR) is 137 cm³/mol. The van der Waals surface area contributed by atoms with Crippen molar-refractivity contribution in [1.82, 2.24) is 9.71 Å². The second-order valence-electron chi connectivity index (χ2n) is 9.26. The molecular formula is C27H31ClN2O2S. The van der Waals surface area contributed by atoms with Gasteiger partial charge in [-0.25, -0.2) is 13.1 Å². The molecule has 0 unspecified atom stereocenters. The van der Waals surface area contributed by atoms with Crippen molar-refractivity contribution < 1.29 is 8.42 Å². The summed E-state index contributed by atoms with van der Waals surface area (Å²) >= 11 is 5.85. The molecule has 0 spiro atoms. The second-order valence-corrected chi connectivity index (χ2v) is 11.5. The maximum absolute atomic E-state index is 12.4. The van der Waals surface area contributed by atoms with E-state index >= 15 is 0 Å². The van der Waals surface area contributed by atoms with Crippen LogP contribution in [0.3, 0.4) is 0 Å². The van der Waals surface area contributed by atoms with Crippen molar-refractivity contribution in [2.75, 3.05) is 6.54 Å². The number of sulfonamides is 1. The summed E-state index contributed by atoms with van der Waals surface area (Å²) in [6, 6.07) is 18.5. The maximum Gasteiger partial charge on any atom is 0.240 e. The highest BCUT2D eigenvalue weighted by Gasteiger charge is 2.13. The van der Waals surface area contributed by atoms with Crippen molar-refractivity contribution in [3.8, 4) is 0 Å². The Morgan fingerprint density at radius 2 is 1.70 bits per heavy atom. The first kappa shape index (κ1) is 25.2. The van der Waals surface area contributed by atoms with E-state index in [0.717, 1.165) is 29.5 Å². The molecule has 1 aromatic heterocycles. The molecule has 0 aliphatic rings. The lowest BCUT2D eigenvalue weighted by molar-refractivity contribution is 0.381. The molecule has 0 saturated heterocycles. The van der Waals surface area contributed by atoms with Gasteiger partial charge >= 0.3 is 0 Å². The van der Waals surface area contributed by atoms with E-state index in [-0.39, 0.29) is 10.3 Å². The minimum atomic E-state index is -3.55. The van der Waals surface area contributed by atoms with Crippen LogP contribution in [-0.4, -0.2) is 19.9 Å². The fourth-order valence-corrected chi connectivity index (χ4v) is 4.61. The van der Waals surface area contributed by atoms with Crippen molar-refractivity contribution in [3.63, 3.8) is 0 Å². The van der Waals surface area contributed by atoms with Crippen LogP contribution in [0, 0.1) is 5.41 Å². The molecule has 33 heavy (non-hydrogen) atoms. The van der Waals surface area contributed by atoms with Gasteiger partial charge in [-0.2, -0.15) is 0 Å². The molecule has 0 fully saturated rings. The molecule has 4 nitrogen and oxygen atoms in total. The number of nitrogens with one attached hydrogen (secondary N) is 1. The maximum atomic E-state index is 12.4. The predicted octanol–water partition coefficient (Wildman–Crippen LogP) is 6.51. The quantitative estimate of drug-likeness (QED) is 0.378. The average Bonchev–Trinajstić information content (AvgIpc) is 2.77. The third-order valence-electron chi connectivity index (χ3n) is 5.31. The number of pyridine rings is 1. The van der Waals surface area contributed by atoms with Crippen molar-refractivity contribution in [2.45, 2.75) is 44.9 Å². The van der Waals surface area contributed by atoms with Gasteiger partial charge in [-0.3, -0.25) is 4.98 Å². The number of rotatable bonds is 9. The number of allylic oxidation sites excluding steroid dienone is 1. The Balaban J connectivity index is 1.67. The van der Waals surface area contributed by atoms with E-state index in [2.05, 4.69) is 66.9 Å². The van der Waals surface area contributed by atoms with E-state index in [9.17, 15) is 8.42 Å². The van der Waals surface area contributed by atoms with Gasteiger partial charge in [0.2, 0.25) is 10.0 Å². The van der Waals surface area contributed by atoms with Gasteiger partial charge in [0, 0.05) is 29.5 Å². The largest absolute Gasteiger partial charge is 0.264 e. The number of nitrogens with zero attached hydrogens (tertiary/aromatic N) is 1. The van der Waals surface area contributed by atoms with E-state index in [1.54, 1.807) is 18.3 Å². The molecule has 0 amide bonds. The zero-order valence-corrected chi connectivity index (χ0v) is 21.0. The summed E-state index contributed by atoms with van der Waals surface area (Å²) in [5, 5.41) is 0.507. The Bertz CT molecular complexity index is 1170. The minimum absolute atomic E-state index is 0.212. The zero-order chi connectivity index (χ0) is 23.9. The SMILES string of the molecule is CC(C)(C)CCC=C(c1ccc(CCNS(=O)(=O)c2ccc(Cl)cc2)cc1)c1cccnc1. The molecule has 1 heterocycles. The first-order valence-electron chi connectivity index (χ1n) is 11.1. The normalized spacial score (nSPS) is 12.7. The summed E-state index contributed by atoms with van der Waals surface area (Å²) in [4.78, 5) is 4.50. The fourth-order valence-electron chi connectivity index (χ4n) is 3.45. The summed E-state index contributed by atoms with van der Waals surface area (Å²) in [7, 11) is -3.55. The van der Waals surface area contributed by atoms with E-state index in [4.69, 9.17) is 11.6 Å². The third kappa shape index (κ3) is 7.81. The Kier molecular flexibility index (Phi) is 8.46. The van der Waals surface area contributed by atoms with Gasteiger partial charge in [0.1, 0.15) is 0 Å². The van der Waals surface area contributed by atoms with Crippen LogP contribution >= 0.6 is 11.6 Å². The number of hydrogen-bond donors (Lipinski definition) is 1. The van der Waals surface area contributed by atoms with E-state index in [1.165, 1.54) is 17.7 Å². The summed E-state index contributed by atoms with van der Waals surface area (Å²) in [6.45, 7) is 7.07. The van der Waals surface area contributed by atoms with E-state index in [0.29, 0.717) is 18.0 Å². The highest BCUT2D eigenvalue weighted by atomic mass is 35.5. The summed E-state index contributed by atoms with van der Waals surface area (Å²) in [5.41, 5.74) is 4.73. The Hall–Kier alpha value is -2.47. The monoisotopic (exact) mass is 482 g/mol. The van der Waals surface area contributed by atoms with Gasteiger partial charge in [-0.15, -0.1) is 0 Å². The van der Waals surface area contributed by atoms with Crippen LogP contribution in [0.2, 0.25) is 5.02 Å². The van der Waals surface area contributed by atoms with Gasteiger partial charge in [0.05, 0.1) is 4.90 Å². The summed E-state index contributed by atoms with van der Waals surface area (Å²) in [6.07, 6.45) is 8.65. The highest BCUT2D eigenvalue weighted by molar-refractivity contribution is 7.89. The molecule has 2 aromatic carbocycles. The van der Waals surface area contributed by atoms with Crippen LogP contribution in [-0.2, 0) is 16.4 Å². The lowest BCUT2D eigenvalue weighted by Gasteiger charge is -2.17. The summed E-state index contributed by atoms with van der Waals surface area (Å²) < 4.78 is 27.5.